The van der Waals surface area contributed by atoms with E-state index in [4.69, 9.17) is 4.98 Å². The third-order valence-corrected chi connectivity index (χ3v) is 14.6. The SMILES string of the molecule is c1ccc(-c2ccc(-c3ccc(N(c4ccc(-c5ccc6c(c5)sc5ccc7nc(-c8ccccc8)sc7c56)cc4)c4cc(-c5ccccc5)cc(-c5ccccc5)c4)cc3)cc2)cc1. The molecule has 4 heteroatoms. The number of thiophene rings is 1. The fourth-order valence-corrected chi connectivity index (χ4v) is 11.4. The Bertz CT molecular complexity index is 3540. The largest absolute Gasteiger partial charge is 0.310 e. The Labute approximate surface area is 386 Å². The summed E-state index contributed by atoms with van der Waals surface area (Å²) in [5.41, 5.74) is 17.4. The summed E-state index contributed by atoms with van der Waals surface area (Å²) in [6.07, 6.45) is 0. The summed E-state index contributed by atoms with van der Waals surface area (Å²) in [5.74, 6) is 0. The minimum atomic E-state index is 1.06. The average molecular weight is 865 g/mol. The van der Waals surface area contributed by atoms with Crippen molar-refractivity contribution in [3.8, 4) is 66.2 Å². The Balaban J connectivity index is 0.933. The van der Waals surface area contributed by atoms with E-state index in [9.17, 15) is 0 Å². The molecule has 0 aliphatic rings. The lowest BCUT2D eigenvalue weighted by atomic mass is 9.97. The lowest BCUT2D eigenvalue weighted by molar-refractivity contribution is 1.28. The van der Waals surface area contributed by atoms with Gasteiger partial charge >= 0.3 is 0 Å². The number of hydrogen-bond acceptors (Lipinski definition) is 4. The third-order valence-electron chi connectivity index (χ3n) is 12.3. The molecule has 306 valence electrons. The quantitative estimate of drug-likeness (QED) is 0.144. The first-order valence-electron chi connectivity index (χ1n) is 21.9. The van der Waals surface area contributed by atoms with E-state index in [1.54, 1.807) is 11.3 Å². The number of thiazole rings is 1. The van der Waals surface area contributed by atoms with Gasteiger partial charge in [0.05, 0.1) is 10.2 Å². The zero-order chi connectivity index (χ0) is 43.1. The summed E-state index contributed by atoms with van der Waals surface area (Å²) in [7, 11) is 0. The minimum Gasteiger partial charge on any atom is -0.310 e. The van der Waals surface area contributed by atoms with Gasteiger partial charge in [0.25, 0.3) is 0 Å². The highest BCUT2D eigenvalue weighted by Crippen LogP contribution is 2.45. The topological polar surface area (TPSA) is 16.1 Å². The molecule has 0 spiro atoms. The summed E-state index contributed by atoms with van der Waals surface area (Å²) in [6.45, 7) is 0. The lowest BCUT2D eigenvalue weighted by Gasteiger charge is -2.27. The number of benzene rings is 10. The van der Waals surface area contributed by atoms with Crippen molar-refractivity contribution in [2.24, 2.45) is 0 Å². The first kappa shape index (κ1) is 38.8. The molecule has 0 fully saturated rings. The number of anilines is 3. The molecule has 0 N–H and O–H groups in total. The summed E-state index contributed by atoms with van der Waals surface area (Å²) in [4.78, 5) is 7.43. The van der Waals surface area contributed by atoms with E-state index in [1.807, 2.05) is 11.3 Å². The molecule has 10 aromatic carbocycles. The zero-order valence-corrected chi connectivity index (χ0v) is 36.9. The number of rotatable bonds is 9. The van der Waals surface area contributed by atoms with E-state index in [0.29, 0.717) is 0 Å². The molecule has 12 rings (SSSR count). The van der Waals surface area contributed by atoms with Crippen LogP contribution in [0, 0.1) is 0 Å². The van der Waals surface area contributed by atoms with Gasteiger partial charge in [-0.1, -0.05) is 182 Å². The molecule has 0 saturated carbocycles. The van der Waals surface area contributed by atoms with Crippen LogP contribution in [-0.2, 0) is 0 Å². The molecule has 2 aromatic heterocycles. The highest BCUT2D eigenvalue weighted by molar-refractivity contribution is 7.28. The second kappa shape index (κ2) is 16.7. The molecule has 0 saturated heterocycles. The molecule has 0 aliphatic heterocycles. The predicted molar refractivity (Wildman–Crippen MR) is 280 cm³/mol. The van der Waals surface area contributed by atoms with Crippen LogP contribution in [0.15, 0.2) is 243 Å². The molecule has 2 nitrogen and oxygen atoms in total. The molecule has 0 amide bonds. The molecule has 0 unspecified atom stereocenters. The van der Waals surface area contributed by atoms with Crippen LogP contribution in [0.1, 0.15) is 0 Å². The van der Waals surface area contributed by atoms with Crippen LogP contribution < -0.4 is 4.90 Å². The Hall–Kier alpha value is -7.89. The minimum absolute atomic E-state index is 1.06. The second-order valence-electron chi connectivity index (χ2n) is 16.4. The Morgan fingerprint density at radius 1 is 0.292 bits per heavy atom. The highest BCUT2D eigenvalue weighted by Gasteiger charge is 2.18. The van der Waals surface area contributed by atoms with Gasteiger partial charge in [0, 0.05) is 42.8 Å². The molecule has 0 aliphatic carbocycles. The van der Waals surface area contributed by atoms with Crippen molar-refractivity contribution >= 4 is 70.1 Å². The zero-order valence-electron chi connectivity index (χ0n) is 35.3. The standard InChI is InChI=1S/C61H40N2S2/c1-5-13-41(14-6-1)44-21-23-45(24-22-44)46-25-30-52(31-26-46)63(54-38-50(42-15-7-2-8-16-42)37-51(39-54)43-17-9-3-10-18-43)53-32-27-47(28-33-53)49-29-34-55-58(40-49)64-57-36-35-56-60(59(55)57)65-61(62-56)48-19-11-4-12-20-48/h1-40H. The highest BCUT2D eigenvalue weighted by atomic mass is 32.1. The Morgan fingerprint density at radius 3 is 1.25 bits per heavy atom. The third kappa shape index (κ3) is 7.49. The van der Waals surface area contributed by atoms with Crippen LogP contribution in [0.5, 0.6) is 0 Å². The summed E-state index contributed by atoms with van der Waals surface area (Å²) >= 11 is 3.65. The molecule has 2 heterocycles. The van der Waals surface area contributed by atoms with Gasteiger partial charge in [0.2, 0.25) is 0 Å². The van der Waals surface area contributed by atoms with Crippen molar-refractivity contribution in [1.82, 2.24) is 4.98 Å². The van der Waals surface area contributed by atoms with E-state index in [2.05, 4.69) is 248 Å². The molecular weight excluding hydrogens is 825 g/mol. The first-order chi connectivity index (χ1) is 32.2. The van der Waals surface area contributed by atoms with Crippen LogP contribution in [0.25, 0.3) is 96.6 Å². The summed E-state index contributed by atoms with van der Waals surface area (Å²) in [5, 5.41) is 3.65. The Kier molecular flexibility index (Phi) is 9.94. The number of hydrogen-bond donors (Lipinski definition) is 0. The number of aromatic nitrogens is 1. The van der Waals surface area contributed by atoms with Gasteiger partial charge < -0.3 is 4.90 Å². The summed E-state index contributed by atoms with van der Waals surface area (Å²) in [6, 6.07) is 87.7. The lowest BCUT2D eigenvalue weighted by Crippen LogP contribution is -2.10. The van der Waals surface area contributed by atoms with Crippen molar-refractivity contribution in [3.63, 3.8) is 0 Å². The van der Waals surface area contributed by atoms with E-state index in [-0.39, 0.29) is 0 Å². The van der Waals surface area contributed by atoms with Gasteiger partial charge in [0.15, 0.2) is 0 Å². The molecule has 65 heavy (non-hydrogen) atoms. The van der Waals surface area contributed by atoms with E-state index in [1.165, 1.54) is 80.5 Å². The second-order valence-corrected chi connectivity index (χ2v) is 18.4. The fourth-order valence-electron chi connectivity index (χ4n) is 9.00. The van der Waals surface area contributed by atoms with Crippen LogP contribution in [-0.4, -0.2) is 4.98 Å². The van der Waals surface area contributed by atoms with E-state index >= 15 is 0 Å². The normalized spacial score (nSPS) is 11.4. The fraction of sp³-hybridized carbons (Fsp3) is 0. The van der Waals surface area contributed by atoms with Gasteiger partial charge in [-0.05, 0) is 116 Å². The van der Waals surface area contributed by atoms with Gasteiger partial charge in [-0.2, -0.15) is 0 Å². The van der Waals surface area contributed by atoms with Crippen molar-refractivity contribution in [2.75, 3.05) is 4.90 Å². The molecule has 12 aromatic rings. The van der Waals surface area contributed by atoms with E-state index < -0.39 is 0 Å². The van der Waals surface area contributed by atoms with Crippen LogP contribution in [0.4, 0.5) is 17.1 Å². The van der Waals surface area contributed by atoms with Gasteiger partial charge in [-0.25, -0.2) is 4.98 Å². The number of fused-ring (bicyclic) bond motifs is 5. The Morgan fingerprint density at radius 2 is 0.723 bits per heavy atom. The van der Waals surface area contributed by atoms with Crippen LogP contribution >= 0.6 is 22.7 Å². The first-order valence-corrected chi connectivity index (χ1v) is 23.6. The number of nitrogens with zero attached hydrogens (tertiary/aromatic N) is 2. The molecular formula is C61H40N2S2. The van der Waals surface area contributed by atoms with Crippen molar-refractivity contribution in [3.05, 3.63) is 243 Å². The van der Waals surface area contributed by atoms with Crippen molar-refractivity contribution in [1.29, 1.82) is 0 Å². The van der Waals surface area contributed by atoms with Crippen LogP contribution in [0.2, 0.25) is 0 Å². The maximum Gasteiger partial charge on any atom is 0.124 e. The summed E-state index contributed by atoms with van der Waals surface area (Å²) < 4.78 is 3.83. The van der Waals surface area contributed by atoms with Crippen molar-refractivity contribution in [2.45, 2.75) is 0 Å². The average Bonchev–Trinajstić information content (AvgIpc) is 4.00. The van der Waals surface area contributed by atoms with Crippen LogP contribution in [0.3, 0.4) is 0 Å². The monoisotopic (exact) mass is 864 g/mol. The molecule has 0 bridgehead atoms. The van der Waals surface area contributed by atoms with Gasteiger partial charge in [-0.15, -0.1) is 22.7 Å². The smallest absolute Gasteiger partial charge is 0.124 e. The predicted octanol–water partition coefficient (Wildman–Crippen LogP) is 18.1. The maximum absolute atomic E-state index is 5.04. The molecule has 0 atom stereocenters. The van der Waals surface area contributed by atoms with Crippen molar-refractivity contribution < 1.29 is 0 Å². The van der Waals surface area contributed by atoms with Gasteiger partial charge in [0.1, 0.15) is 5.01 Å². The van der Waals surface area contributed by atoms with Gasteiger partial charge in [-0.3, -0.25) is 0 Å². The molecule has 0 radical (unpaired) electrons. The van der Waals surface area contributed by atoms with E-state index in [0.717, 1.165) is 33.1 Å². The maximum atomic E-state index is 5.04.